The molecule has 4 nitrogen and oxygen atoms in total. The van der Waals surface area contributed by atoms with Gasteiger partial charge in [0.25, 0.3) is 12.3 Å². The van der Waals surface area contributed by atoms with Gasteiger partial charge in [0.15, 0.2) is 0 Å². The number of nitrogens with zero attached hydrogens (tertiary/aromatic N) is 1. The van der Waals surface area contributed by atoms with Gasteiger partial charge in [-0.1, -0.05) is 0 Å². The van der Waals surface area contributed by atoms with E-state index in [1.165, 1.54) is 18.3 Å². The van der Waals surface area contributed by atoms with Crippen LogP contribution in [0, 0.1) is 0 Å². The maximum absolute atomic E-state index is 11.8. The zero-order valence-corrected chi connectivity index (χ0v) is 8.13. The highest BCUT2D eigenvalue weighted by molar-refractivity contribution is 5.94. The molecule has 0 spiro atoms. The molecule has 2 N–H and O–H groups in total. The van der Waals surface area contributed by atoms with Crippen molar-refractivity contribution in [2.45, 2.75) is 6.43 Å². The molecular weight excluding hydrogens is 204 g/mol. The van der Waals surface area contributed by atoms with E-state index >= 15 is 0 Å². The second-order valence-corrected chi connectivity index (χ2v) is 2.78. The third-order valence-electron chi connectivity index (χ3n) is 1.70. The SMILES string of the molecule is CNc1cc(C(=O)NCC(F)F)ccn1. The van der Waals surface area contributed by atoms with Gasteiger partial charge in [0.05, 0.1) is 6.54 Å². The van der Waals surface area contributed by atoms with Crippen LogP contribution in [0.15, 0.2) is 18.3 Å². The molecular formula is C9H11F2N3O. The average Bonchev–Trinajstić information content (AvgIpc) is 2.26. The number of anilines is 1. The van der Waals surface area contributed by atoms with Gasteiger partial charge in [-0.3, -0.25) is 4.79 Å². The Bertz CT molecular complexity index is 344. The van der Waals surface area contributed by atoms with Gasteiger partial charge in [-0.2, -0.15) is 0 Å². The first kappa shape index (κ1) is 11.4. The summed E-state index contributed by atoms with van der Waals surface area (Å²) < 4.78 is 23.6. The van der Waals surface area contributed by atoms with E-state index in [4.69, 9.17) is 0 Å². The highest BCUT2D eigenvalue weighted by Crippen LogP contribution is 2.05. The molecule has 0 unspecified atom stereocenters. The number of halogens is 2. The summed E-state index contributed by atoms with van der Waals surface area (Å²) in [5.41, 5.74) is 0.301. The molecule has 0 radical (unpaired) electrons. The maximum Gasteiger partial charge on any atom is 0.255 e. The molecule has 0 aliphatic rings. The van der Waals surface area contributed by atoms with Crippen molar-refractivity contribution in [2.75, 3.05) is 18.9 Å². The maximum atomic E-state index is 11.8. The number of hydrogen-bond acceptors (Lipinski definition) is 3. The quantitative estimate of drug-likeness (QED) is 0.791. The average molecular weight is 215 g/mol. The Morgan fingerprint density at radius 2 is 2.33 bits per heavy atom. The van der Waals surface area contributed by atoms with Gasteiger partial charge in [-0.05, 0) is 12.1 Å². The van der Waals surface area contributed by atoms with Crippen LogP contribution in [0.5, 0.6) is 0 Å². The summed E-state index contributed by atoms with van der Waals surface area (Å²) in [6.45, 7) is -0.643. The summed E-state index contributed by atoms with van der Waals surface area (Å²) in [4.78, 5) is 15.2. The van der Waals surface area contributed by atoms with Crippen molar-refractivity contribution in [1.82, 2.24) is 10.3 Å². The summed E-state index contributed by atoms with van der Waals surface area (Å²) >= 11 is 0. The van der Waals surface area contributed by atoms with E-state index in [-0.39, 0.29) is 0 Å². The fourth-order valence-corrected chi connectivity index (χ4v) is 0.980. The number of carbonyl (C=O) groups excluding carboxylic acids is 1. The molecule has 0 aliphatic heterocycles. The number of hydrogen-bond donors (Lipinski definition) is 2. The molecule has 0 atom stereocenters. The molecule has 0 fully saturated rings. The first-order valence-electron chi connectivity index (χ1n) is 4.33. The molecule has 1 aromatic rings. The minimum atomic E-state index is -2.54. The van der Waals surface area contributed by atoms with Crippen molar-refractivity contribution in [3.63, 3.8) is 0 Å². The normalized spacial score (nSPS) is 10.1. The van der Waals surface area contributed by atoms with Crippen LogP contribution < -0.4 is 10.6 Å². The van der Waals surface area contributed by atoms with Gasteiger partial charge in [0.1, 0.15) is 5.82 Å². The van der Waals surface area contributed by atoms with E-state index in [1.807, 2.05) is 0 Å². The van der Waals surface area contributed by atoms with Crippen LogP contribution in [0.2, 0.25) is 0 Å². The number of amides is 1. The molecule has 0 aromatic carbocycles. The van der Waals surface area contributed by atoms with Crippen molar-refractivity contribution in [3.05, 3.63) is 23.9 Å². The van der Waals surface area contributed by atoms with Crippen LogP contribution >= 0.6 is 0 Å². The Kier molecular flexibility index (Phi) is 3.96. The van der Waals surface area contributed by atoms with Gasteiger partial charge in [-0.25, -0.2) is 13.8 Å². The smallest absolute Gasteiger partial charge is 0.255 e. The van der Waals surface area contributed by atoms with Crippen LogP contribution in [-0.4, -0.2) is 30.9 Å². The zero-order valence-electron chi connectivity index (χ0n) is 8.13. The minimum absolute atomic E-state index is 0.301. The molecule has 0 saturated carbocycles. The summed E-state index contributed by atoms with van der Waals surface area (Å²) in [6, 6.07) is 2.95. The lowest BCUT2D eigenvalue weighted by Crippen LogP contribution is -2.28. The van der Waals surface area contributed by atoms with Gasteiger partial charge >= 0.3 is 0 Å². The summed E-state index contributed by atoms with van der Waals surface area (Å²) in [5, 5.41) is 4.85. The number of pyridine rings is 1. The highest BCUT2D eigenvalue weighted by Gasteiger charge is 2.09. The summed E-state index contributed by atoms with van der Waals surface area (Å²) in [5.74, 6) is -0.0195. The molecule has 1 rings (SSSR count). The van der Waals surface area contributed by atoms with Crippen molar-refractivity contribution in [1.29, 1.82) is 0 Å². The van der Waals surface area contributed by atoms with Crippen molar-refractivity contribution >= 4 is 11.7 Å². The first-order chi connectivity index (χ1) is 7.13. The predicted molar refractivity (Wildman–Crippen MR) is 52.1 cm³/mol. The molecule has 1 heterocycles. The first-order valence-corrected chi connectivity index (χ1v) is 4.33. The van der Waals surface area contributed by atoms with E-state index in [9.17, 15) is 13.6 Å². The molecule has 1 amide bonds. The van der Waals surface area contributed by atoms with Crippen molar-refractivity contribution < 1.29 is 13.6 Å². The van der Waals surface area contributed by atoms with Gasteiger partial charge in [0.2, 0.25) is 0 Å². The van der Waals surface area contributed by atoms with Crippen LogP contribution in [0.3, 0.4) is 0 Å². The fourth-order valence-electron chi connectivity index (χ4n) is 0.980. The molecule has 0 bridgehead atoms. The molecule has 6 heteroatoms. The summed E-state index contributed by atoms with van der Waals surface area (Å²) in [6.07, 6.45) is -1.11. The summed E-state index contributed by atoms with van der Waals surface area (Å²) in [7, 11) is 1.66. The number of aromatic nitrogens is 1. The third-order valence-corrected chi connectivity index (χ3v) is 1.70. The van der Waals surface area contributed by atoms with Crippen molar-refractivity contribution in [2.24, 2.45) is 0 Å². The molecule has 15 heavy (non-hydrogen) atoms. The van der Waals surface area contributed by atoms with Crippen LogP contribution in [0.25, 0.3) is 0 Å². The van der Waals surface area contributed by atoms with E-state index in [0.717, 1.165) is 0 Å². The number of carbonyl (C=O) groups is 1. The lowest BCUT2D eigenvalue weighted by atomic mass is 10.2. The number of alkyl halides is 2. The van der Waals surface area contributed by atoms with Gasteiger partial charge in [0, 0.05) is 18.8 Å². The van der Waals surface area contributed by atoms with Gasteiger partial charge in [-0.15, -0.1) is 0 Å². The number of nitrogens with one attached hydrogen (secondary N) is 2. The molecule has 1 aromatic heterocycles. The second kappa shape index (κ2) is 5.23. The molecule has 0 saturated heterocycles. The van der Waals surface area contributed by atoms with E-state index in [0.29, 0.717) is 11.4 Å². The molecule has 0 aliphatic carbocycles. The van der Waals surface area contributed by atoms with E-state index in [2.05, 4.69) is 15.6 Å². The third kappa shape index (κ3) is 3.49. The Labute approximate surface area is 85.7 Å². The molecule has 82 valence electrons. The monoisotopic (exact) mass is 215 g/mol. The van der Waals surface area contributed by atoms with Crippen molar-refractivity contribution in [3.8, 4) is 0 Å². The Balaban J connectivity index is 2.65. The van der Waals surface area contributed by atoms with E-state index < -0.39 is 18.9 Å². The lowest BCUT2D eigenvalue weighted by Gasteiger charge is -2.05. The number of rotatable bonds is 4. The lowest BCUT2D eigenvalue weighted by molar-refractivity contribution is 0.0891. The zero-order chi connectivity index (χ0) is 11.3. The Morgan fingerprint density at radius 1 is 1.60 bits per heavy atom. The largest absolute Gasteiger partial charge is 0.373 e. The Morgan fingerprint density at radius 3 is 2.93 bits per heavy atom. The van der Waals surface area contributed by atoms with E-state index in [1.54, 1.807) is 7.05 Å². The topological polar surface area (TPSA) is 54.0 Å². The van der Waals surface area contributed by atoms with Crippen LogP contribution in [0.4, 0.5) is 14.6 Å². The standard InChI is InChI=1S/C9H11F2N3O/c1-12-8-4-6(2-3-13-8)9(15)14-5-7(10)11/h2-4,7H,5H2,1H3,(H,12,13)(H,14,15). The van der Waals surface area contributed by atoms with Crippen LogP contribution in [0.1, 0.15) is 10.4 Å². The predicted octanol–water partition coefficient (Wildman–Crippen LogP) is 1.12. The highest BCUT2D eigenvalue weighted by atomic mass is 19.3. The Hall–Kier alpha value is -1.72. The van der Waals surface area contributed by atoms with Crippen LogP contribution in [-0.2, 0) is 0 Å². The van der Waals surface area contributed by atoms with Gasteiger partial charge < -0.3 is 10.6 Å². The second-order valence-electron chi connectivity index (χ2n) is 2.78. The fraction of sp³-hybridized carbons (Fsp3) is 0.333. The minimum Gasteiger partial charge on any atom is -0.373 e.